The standard InChI is InChI=1S/C15H16INO.ClH/c16-13-8-4-7-12(10-13)15(17)14(18)9-11-5-2-1-3-6-11;/h1-8,10,14-15,18H,9,17H2;1H/t14-,15+;/m0./s1. The number of halogens is 2. The molecule has 0 fully saturated rings. The van der Waals surface area contributed by atoms with Crippen LogP contribution in [0.3, 0.4) is 0 Å². The van der Waals surface area contributed by atoms with Crippen molar-refractivity contribution >= 4 is 35.0 Å². The minimum Gasteiger partial charge on any atom is -0.391 e. The highest BCUT2D eigenvalue weighted by molar-refractivity contribution is 14.1. The topological polar surface area (TPSA) is 46.2 Å². The highest BCUT2D eigenvalue weighted by Gasteiger charge is 2.17. The van der Waals surface area contributed by atoms with Gasteiger partial charge in [0.15, 0.2) is 0 Å². The Labute approximate surface area is 133 Å². The molecule has 102 valence electrons. The molecule has 2 nitrogen and oxygen atoms in total. The minimum atomic E-state index is -0.564. The van der Waals surface area contributed by atoms with Crippen LogP contribution in [-0.4, -0.2) is 11.2 Å². The number of rotatable bonds is 4. The molecule has 0 spiro atoms. The summed E-state index contributed by atoms with van der Waals surface area (Å²) in [5, 5.41) is 10.2. The van der Waals surface area contributed by atoms with Gasteiger partial charge in [-0.05, 0) is 45.9 Å². The second-order valence-corrected chi connectivity index (χ2v) is 5.58. The molecule has 0 aliphatic carbocycles. The number of aliphatic hydroxyl groups excluding tert-OH is 1. The fourth-order valence-corrected chi connectivity index (χ4v) is 2.49. The normalized spacial score (nSPS) is 13.4. The summed E-state index contributed by atoms with van der Waals surface area (Å²) >= 11 is 2.25. The SMILES string of the molecule is Cl.N[C@H](c1cccc(I)c1)[C@@H](O)Cc1ccccc1. The third kappa shape index (κ3) is 4.76. The van der Waals surface area contributed by atoms with Crippen LogP contribution in [0.2, 0.25) is 0 Å². The highest BCUT2D eigenvalue weighted by atomic mass is 127. The summed E-state index contributed by atoms with van der Waals surface area (Å²) in [6.07, 6.45) is 0.0126. The second kappa shape index (κ2) is 7.85. The molecular weight excluding hydrogens is 373 g/mol. The molecule has 0 unspecified atom stereocenters. The van der Waals surface area contributed by atoms with Crippen molar-refractivity contribution in [1.29, 1.82) is 0 Å². The lowest BCUT2D eigenvalue weighted by molar-refractivity contribution is 0.145. The van der Waals surface area contributed by atoms with E-state index >= 15 is 0 Å². The summed E-state index contributed by atoms with van der Waals surface area (Å²) in [6.45, 7) is 0. The molecule has 19 heavy (non-hydrogen) atoms. The molecule has 0 aromatic heterocycles. The summed E-state index contributed by atoms with van der Waals surface area (Å²) in [6, 6.07) is 17.5. The Balaban J connectivity index is 0.00000180. The van der Waals surface area contributed by atoms with Gasteiger partial charge in [-0.15, -0.1) is 12.4 Å². The van der Waals surface area contributed by atoms with Crippen LogP contribution in [0.4, 0.5) is 0 Å². The Morgan fingerprint density at radius 1 is 1.05 bits per heavy atom. The zero-order valence-corrected chi connectivity index (χ0v) is 13.3. The molecule has 0 saturated carbocycles. The number of aliphatic hydroxyl groups is 1. The molecule has 0 amide bonds. The Morgan fingerprint density at radius 2 is 1.74 bits per heavy atom. The Kier molecular flexibility index (Phi) is 6.79. The van der Waals surface area contributed by atoms with Crippen molar-refractivity contribution in [3.05, 3.63) is 69.3 Å². The molecule has 0 radical (unpaired) electrons. The van der Waals surface area contributed by atoms with Gasteiger partial charge in [0.05, 0.1) is 12.1 Å². The Bertz CT molecular complexity index is 507. The molecular formula is C15H17ClINO. The van der Waals surface area contributed by atoms with Crippen LogP contribution in [0.15, 0.2) is 54.6 Å². The predicted octanol–water partition coefficient (Wildman–Crippen LogP) is 3.32. The molecule has 2 atom stereocenters. The number of hydrogen-bond acceptors (Lipinski definition) is 2. The fraction of sp³-hybridized carbons (Fsp3) is 0.200. The van der Waals surface area contributed by atoms with E-state index in [9.17, 15) is 5.11 Å². The predicted molar refractivity (Wildman–Crippen MR) is 89.5 cm³/mol. The van der Waals surface area contributed by atoms with Gasteiger partial charge >= 0.3 is 0 Å². The summed E-state index contributed by atoms with van der Waals surface area (Å²) in [4.78, 5) is 0. The summed E-state index contributed by atoms with van der Waals surface area (Å²) in [5.74, 6) is 0. The van der Waals surface area contributed by atoms with Crippen LogP contribution in [0.5, 0.6) is 0 Å². The zero-order chi connectivity index (χ0) is 13.0. The lowest BCUT2D eigenvalue weighted by atomic mass is 9.97. The van der Waals surface area contributed by atoms with E-state index in [2.05, 4.69) is 22.6 Å². The smallest absolute Gasteiger partial charge is 0.0773 e. The van der Waals surface area contributed by atoms with Crippen LogP contribution < -0.4 is 5.73 Å². The third-order valence-electron chi connectivity index (χ3n) is 2.94. The minimum absolute atomic E-state index is 0. The van der Waals surface area contributed by atoms with Gasteiger partial charge in [-0.25, -0.2) is 0 Å². The monoisotopic (exact) mass is 389 g/mol. The molecule has 4 heteroatoms. The first-order chi connectivity index (χ1) is 8.66. The molecule has 0 aliphatic rings. The van der Waals surface area contributed by atoms with Crippen molar-refractivity contribution in [2.45, 2.75) is 18.6 Å². The molecule has 2 aromatic rings. The van der Waals surface area contributed by atoms with Gasteiger partial charge in [-0.2, -0.15) is 0 Å². The van der Waals surface area contributed by atoms with Gasteiger partial charge in [0.1, 0.15) is 0 Å². The van der Waals surface area contributed by atoms with Gasteiger partial charge in [-0.3, -0.25) is 0 Å². The van der Waals surface area contributed by atoms with Crippen molar-refractivity contribution in [2.75, 3.05) is 0 Å². The molecule has 0 bridgehead atoms. The van der Waals surface area contributed by atoms with Gasteiger partial charge in [0.25, 0.3) is 0 Å². The molecule has 2 rings (SSSR count). The van der Waals surface area contributed by atoms with E-state index in [1.807, 2.05) is 54.6 Å². The van der Waals surface area contributed by atoms with E-state index in [0.29, 0.717) is 6.42 Å². The van der Waals surface area contributed by atoms with E-state index < -0.39 is 6.10 Å². The van der Waals surface area contributed by atoms with Crippen molar-refractivity contribution in [1.82, 2.24) is 0 Å². The molecule has 3 N–H and O–H groups in total. The molecule has 0 saturated heterocycles. The van der Waals surface area contributed by atoms with Crippen LogP contribution in [-0.2, 0) is 6.42 Å². The third-order valence-corrected chi connectivity index (χ3v) is 3.61. The van der Waals surface area contributed by atoms with Crippen LogP contribution in [0.1, 0.15) is 17.2 Å². The van der Waals surface area contributed by atoms with Crippen molar-refractivity contribution < 1.29 is 5.11 Å². The largest absolute Gasteiger partial charge is 0.391 e. The number of benzene rings is 2. The molecule has 0 heterocycles. The average molecular weight is 390 g/mol. The summed E-state index contributed by atoms with van der Waals surface area (Å²) in [7, 11) is 0. The van der Waals surface area contributed by atoms with E-state index in [-0.39, 0.29) is 18.4 Å². The lowest BCUT2D eigenvalue weighted by Gasteiger charge is -2.19. The first-order valence-corrected chi connectivity index (χ1v) is 6.98. The first kappa shape index (κ1) is 16.4. The van der Waals surface area contributed by atoms with E-state index in [1.54, 1.807) is 0 Å². The highest BCUT2D eigenvalue weighted by Crippen LogP contribution is 2.19. The second-order valence-electron chi connectivity index (χ2n) is 4.34. The maximum absolute atomic E-state index is 10.2. The maximum Gasteiger partial charge on any atom is 0.0773 e. The van der Waals surface area contributed by atoms with E-state index in [4.69, 9.17) is 5.73 Å². The molecule has 2 aromatic carbocycles. The number of nitrogens with two attached hydrogens (primary N) is 1. The Morgan fingerprint density at radius 3 is 2.37 bits per heavy atom. The lowest BCUT2D eigenvalue weighted by Crippen LogP contribution is -2.28. The number of hydrogen-bond donors (Lipinski definition) is 2. The maximum atomic E-state index is 10.2. The van der Waals surface area contributed by atoms with Crippen LogP contribution in [0.25, 0.3) is 0 Å². The van der Waals surface area contributed by atoms with Gasteiger partial charge in [0, 0.05) is 9.99 Å². The fourth-order valence-electron chi connectivity index (χ4n) is 1.92. The average Bonchev–Trinajstić information content (AvgIpc) is 2.39. The van der Waals surface area contributed by atoms with Crippen molar-refractivity contribution in [3.63, 3.8) is 0 Å². The van der Waals surface area contributed by atoms with E-state index in [1.165, 1.54) is 0 Å². The summed E-state index contributed by atoms with van der Waals surface area (Å²) < 4.78 is 1.13. The van der Waals surface area contributed by atoms with Gasteiger partial charge in [-0.1, -0.05) is 42.5 Å². The van der Waals surface area contributed by atoms with E-state index in [0.717, 1.165) is 14.7 Å². The van der Waals surface area contributed by atoms with Crippen molar-refractivity contribution in [2.24, 2.45) is 5.73 Å². The zero-order valence-electron chi connectivity index (χ0n) is 10.4. The van der Waals surface area contributed by atoms with Crippen LogP contribution >= 0.6 is 35.0 Å². The van der Waals surface area contributed by atoms with Crippen LogP contribution in [0, 0.1) is 3.57 Å². The first-order valence-electron chi connectivity index (χ1n) is 5.90. The summed E-state index contributed by atoms with van der Waals surface area (Å²) in [5.41, 5.74) is 8.18. The quantitative estimate of drug-likeness (QED) is 0.788. The van der Waals surface area contributed by atoms with Gasteiger partial charge < -0.3 is 10.8 Å². The Hall–Kier alpha value is -0.620. The van der Waals surface area contributed by atoms with Gasteiger partial charge in [0.2, 0.25) is 0 Å². The molecule has 0 aliphatic heterocycles. The van der Waals surface area contributed by atoms with Crippen molar-refractivity contribution in [3.8, 4) is 0 Å².